The number of aromatic nitrogens is 4. The maximum atomic E-state index is 12.5. The summed E-state index contributed by atoms with van der Waals surface area (Å²) in [6.45, 7) is 2.75. The number of hydrogen-bond donors (Lipinski definition) is 0. The van der Waals surface area contributed by atoms with E-state index in [0.717, 1.165) is 36.0 Å². The van der Waals surface area contributed by atoms with E-state index in [4.69, 9.17) is 4.74 Å². The minimum Gasteiger partial charge on any atom is -0.497 e. The summed E-state index contributed by atoms with van der Waals surface area (Å²) >= 11 is 0. The average molecular weight is 390 g/mol. The molecule has 8 nitrogen and oxygen atoms in total. The fourth-order valence-electron chi connectivity index (χ4n) is 3.19. The number of methoxy groups -OCH3 is 1. The summed E-state index contributed by atoms with van der Waals surface area (Å²) in [5, 5.41) is 0. The lowest BCUT2D eigenvalue weighted by atomic mass is 10.2. The second kappa shape index (κ2) is 8.55. The highest BCUT2D eigenvalue weighted by molar-refractivity contribution is 5.92. The highest BCUT2D eigenvalue weighted by Crippen LogP contribution is 2.17. The zero-order chi connectivity index (χ0) is 20.1. The number of rotatable bonds is 5. The minimum atomic E-state index is 0.0160. The molecule has 1 aliphatic rings. The van der Waals surface area contributed by atoms with Crippen LogP contribution in [0.15, 0.2) is 61.5 Å². The van der Waals surface area contributed by atoms with Crippen LogP contribution in [-0.2, 0) is 4.79 Å². The number of amides is 1. The van der Waals surface area contributed by atoms with Gasteiger partial charge >= 0.3 is 0 Å². The Kier molecular flexibility index (Phi) is 5.51. The molecule has 4 rings (SSSR count). The maximum Gasteiger partial charge on any atom is 0.246 e. The Morgan fingerprint density at radius 1 is 1.07 bits per heavy atom. The number of carbonyl (C=O) groups excluding carboxylic acids is 1. The number of ether oxygens (including phenoxy) is 1. The van der Waals surface area contributed by atoms with Crippen LogP contribution in [0.5, 0.6) is 5.75 Å². The van der Waals surface area contributed by atoms with Gasteiger partial charge in [0.1, 0.15) is 30.0 Å². The van der Waals surface area contributed by atoms with Gasteiger partial charge in [0.05, 0.1) is 7.11 Å². The number of hydrogen-bond acceptors (Lipinski definition) is 6. The van der Waals surface area contributed by atoms with Gasteiger partial charge in [-0.2, -0.15) is 0 Å². The SMILES string of the molecule is COc1ccc(/C=C/C(=O)N2CCN(c3cc(-n4ccnc4)ncn3)CC2)cc1. The molecular formula is C21H22N6O2. The van der Waals surface area contributed by atoms with Gasteiger partial charge < -0.3 is 14.5 Å². The van der Waals surface area contributed by atoms with Crippen molar-refractivity contribution in [3.8, 4) is 11.6 Å². The maximum absolute atomic E-state index is 12.5. The minimum absolute atomic E-state index is 0.0160. The van der Waals surface area contributed by atoms with Gasteiger partial charge in [0.25, 0.3) is 0 Å². The molecule has 1 aromatic carbocycles. The van der Waals surface area contributed by atoms with E-state index in [-0.39, 0.29) is 5.91 Å². The Hall–Kier alpha value is -3.68. The molecular weight excluding hydrogens is 368 g/mol. The van der Waals surface area contributed by atoms with E-state index in [1.54, 1.807) is 32.0 Å². The van der Waals surface area contributed by atoms with Crippen molar-refractivity contribution in [1.29, 1.82) is 0 Å². The van der Waals surface area contributed by atoms with Crippen LogP contribution in [0.25, 0.3) is 11.9 Å². The third kappa shape index (κ3) is 4.43. The molecule has 2 aromatic heterocycles. The lowest BCUT2D eigenvalue weighted by molar-refractivity contribution is -0.126. The zero-order valence-electron chi connectivity index (χ0n) is 16.2. The van der Waals surface area contributed by atoms with Gasteiger partial charge in [0, 0.05) is 50.7 Å². The third-order valence-corrected chi connectivity index (χ3v) is 4.86. The Labute approximate surface area is 169 Å². The summed E-state index contributed by atoms with van der Waals surface area (Å²) < 4.78 is 6.99. The van der Waals surface area contributed by atoms with E-state index in [0.29, 0.717) is 13.1 Å². The molecule has 0 atom stereocenters. The molecule has 1 saturated heterocycles. The molecule has 1 amide bonds. The molecule has 0 saturated carbocycles. The molecule has 1 fully saturated rings. The van der Waals surface area contributed by atoms with Crippen LogP contribution in [0.1, 0.15) is 5.56 Å². The smallest absolute Gasteiger partial charge is 0.246 e. The summed E-state index contributed by atoms with van der Waals surface area (Å²) in [6.07, 6.45) is 10.3. The van der Waals surface area contributed by atoms with Gasteiger partial charge in [-0.25, -0.2) is 15.0 Å². The molecule has 148 valence electrons. The second-order valence-corrected chi connectivity index (χ2v) is 6.62. The number of carbonyl (C=O) groups is 1. The molecule has 3 aromatic rings. The Balaban J connectivity index is 1.34. The molecule has 3 heterocycles. The topological polar surface area (TPSA) is 76.4 Å². The lowest BCUT2D eigenvalue weighted by Gasteiger charge is -2.35. The van der Waals surface area contributed by atoms with Gasteiger partial charge in [0.2, 0.25) is 5.91 Å². The first kappa shape index (κ1) is 18.7. The van der Waals surface area contributed by atoms with Crippen LogP contribution in [-0.4, -0.2) is 63.6 Å². The van der Waals surface area contributed by atoms with Crippen molar-refractivity contribution in [3.63, 3.8) is 0 Å². The van der Waals surface area contributed by atoms with Crippen molar-refractivity contribution in [3.05, 3.63) is 67.0 Å². The van der Waals surface area contributed by atoms with Crippen LogP contribution in [0, 0.1) is 0 Å². The van der Waals surface area contributed by atoms with Crippen LogP contribution >= 0.6 is 0 Å². The average Bonchev–Trinajstić information content (AvgIpc) is 3.33. The van der Waals surface area contributed by atoms with Crippen molar-refractivity contribution in [2.24, 2.45) is 0 Å². The van der Waals surface area contributed by atoms with Gasteiger partial charge in [-0.1, -0.05) is 12.1 Å². The fourth-order valence-corrected chi connectivity index (χ4v) is 3.19. The monoisotopic (exact) mass is 390 g/mol. The van der Waals surface area contributed by atoms with Gasteiger partial charge in [0.15, 0.2) is 0 Å². The van der Waals surface area contributed by atoms with Gasteiger partial charge in [-0.05, 0) is 23.8 Å². The lowest BCUT2D eigenvalue weighted by Crippen LogP contribution is -2.48. The molecule has 29 heavy (non-hydrogen) atoms. The Bertz CT molecular complexity index is 977. The fraction of sp³-hybridized carbons (Fsp3) is 0.238. The molecule has 0 spiro atoms. The predicted octanol–water partition coefficient (Wildman–Crippen LogP) is 2.03. The number of benzene rings is 1. The largest absolute Gasteiger partial charge is 0.497 e. The van der Waals surface area contributed by atoms with Crippen molar-refractivity contribution in [2.45, 2.75) is 0 Å². The van der Waals surface area contributed by atoms with E-state index in [1.807, 2.05) is 52.1 Å². The molecule has 1 aliphatic heterocycles. The van der Waals surface area contributed by atoms with E-state index in [2.05, 4.69) is 19.9 Å². The van der Waals surface area contributed by atoms with Crippen molar-refractivity contribution < 1.29 is 9.53 Å². The molecule has 0 N–H and O–H groups in total. The standard InChI is InChI=1S/C21H22N6O2/c1-29-18-5-2-17(3-6-18)4-7-21(28)26-12-10-25(11-13-26)19-14-20(24-15-23-19)27-9-8-22-16-27/h2-9,14-16H,10-13H2,1H3/b7-4+. The summed E-state index contributed by atoms with van der Waals surface area (Å²) in [6, 6.07) is 9.54. The highest BCUT2D eigenvalue weighted by atomic mass is 16.5. The van der Waals surface area contributed by atoms with E-state index < -0.39 is 0 Å². The molecule has 0 aliphatic carbocycles. The number of piperazine rings is 1. The van der Waals surface area contributed by atoms with Crippen LogP contribution in [0.2, 0.25) is 0 Å². The quantitative estimate of drug-likeness (QED) is 0.621. The highest BCUT2D eigenvalue weighted by Gasteiger charge is 2.21. The first-order valence-corrected chi connectivity index (χ1v) is 9.39. The van der Waals surface area contributed by atoms with Gasteiger partial charge in [-0.15, -0.1) is 0 Å². The van der Waals surface area contributed by atoms with E-state index in [1.165, 1.54) is 0 Å². The first-order valence-electron chi connectivity index (χ1n) is 9.39. The second-order valence-electron chi connectivity index (χ2n) is 6.62. The molecule has 0 bridgehead atoms. The Morgan fingerprint density at radius 2 is 1.83 bits per heavy atom. The number of anilines is 1. The third-order valence-electron chi connectivity index (χ3n) is 4.86. The summed E-state index contributed by atoms with van der Waals surface area (Å²) in [5.41, 5.74) is 0.964. The Morgan fingerprint density at radius 3 is 2.52 bits per heavy atom. The summed E-state index contributed by atoms with van der Waals surface area (Å²) in [4.78, 5) is 29.3. The summed E-state index contributed by atoms with van der Waals surface area (Å²) in [7, 11) is 1.63. The first-order chi connectivity index (χ1) is 14.2. The normalized spacial score (nSPS) is 14.4. The molecule has 0 unspecified atom stereocenters. The van der Waals surface area contributed by atoms with Crippen molar-refractivity contribution >= 4 is 17.8 Å². The number of nitrogens with zero attached hydrogens (tertiary/aromatic N) is 6. The predicted molar refractivity (Wildman–Crippen MR) is 110 cm³/mol. The van der Waals surface area contributed by atoms with E-state index in [9.17, 15) is 4.79 Å². The van der Waals surface area contributed by atoms with Gasteiger partial charge in [-0.3, -0.25) is 9.36 Å². The van der Waals surface area contributed by atoms with Crippen molar-refractivity contribution in [1.82, 2.24) is 24.4 Å². The van der Waals surface area contributed by atoms with Crippen LogP contribution in [0.4, 0.5) is 5.82 Å². The number of imidazole rings is 1. The van der Waals surface area contributed by atoms with Crippen molar-refractivity contribution in [2.75, 3.05) is 38.2 Å². The zero-order valence-corrected chi connectivity index (χ0v) is 16.2. The van der Waals surface area contributed by atoms with Crippen LogP contribution in [0.3, 0.4) is 0 Å². The van der Waals surface area contributed by atoms with Crippen LogP contribution < -0.4 is 9.64 Å². The summed E-state index contributed by atoms with van der Waals surface area (Å²) in [5.74, 6) is 2.44. The molecule has 8 heteroatoms. The molecule has 0 radical (unpaired) electrons. The van der Waals surface area contributed by atoms with E-state index >= 15 is 0 Å².